The van der Waals surface area contributed by atoms with Crippen LogP contribution >= 0.6 is 11.6 Å². The molecule has 3 nitrogen and oxygen atoms in total. The average molecular weight is 269 g/mol. The number of imidazole rings is 1. The zero-order valence-electron chi connectivity index (χ0n) is 10.2. The third-order valence-corrected chi connectivity index (χ3v) is 3.18. The van der Waals surface area contributed by atoms with E-state index in [0.717, 1.165) is 22.8 Å². The molecule has 0 atom stereocenters. The molecule has 0 aliphatic heterocycles. The zero-order valence-corrected chi connectivity index (χ0v) is 11.0. The molecule has 1 N–H and O–H groups in total. The number of halogens is 2. The Morgan fingerprint density at radius 3 is 2.78 bits per heavy atom. The van der Waals surface area contributed by atoms with Crippen LogP contribution < -0.4 is 0 Å². The first-order chi connectivity index (χ1) is 8.54. The first-order valence-electron chi connectivity index (χ1n) is 5.63. The molecule has 96 valence electrons. The number of aryl methyl sites for hydroxylation is 1. The van der Waals surface area contributed by atoms with Crippen molar-refractivity contribution >= 4 is 11.6 Å². The van der Waals surface area contributed by atoms with E-state index >= 15 is 0 Å². The molecule has 0 fully saturated rings. The normalized spacial score (nSPS) is 10.9. The van der Waals surface area contributed by atoms with Crippen LogP contribution in [0, 0.1) is 12.7 Å². The van der Waals surface area contributed by atoms with Crippen LogP contribution in [0.3, 0.4) is 0 Å². The van der Waals surface area contributed by atoms with E-state index < -0.39 is 5.82 Å². The van der Waals surface area contributed by atoms with Crippen LogP contribution in [0.1, 0.15) is 11.5 Å². The Kier molecular flexibility index (Phi) is 3.68. The van der Waals surface area contributed by atoms with E-state index in [-0.39, 0.29) is 11.6 Å². The summed E-state index contributed by atoms with van der Waals surface area (Å²) in [6.45, 7) is 1.93. The van der Waals surface area contributed by atoms with Crippen LogP contribution in [-0.2, 0) is 13.5 Å². The molecule has 2 aromatic rings. The molecule has 0 aliphatic rings. The molecule has 0 aliphatic carbocycles. The van der Waals surface area contributed by atoms with Gasteiger partial charge in [0.05, 0.1) is 23.0 Å². The molecule has 0 unspecified atom stereocenters. The zero-order chi connectivity index (χ0) is 13.3. The summed E-state index contributed by atoms with van der Waals surface area (Å²) >= 11 is 5.79. The van der Waals surface area contributed by atoms with Gasteiger partial charge < -0.3 is 9.67 Å². The van der Waals surface area contributed by atoms with E-state index in [2.05, 4.69) is 4.98 Å². The fourth-order valence-electron chi connectivity index (χ4n) is 2.06. The number of aliphatic hydroxyl groups excluding tert-OH is 1. The number of nitrogens with zero attached hydrogens (tertiary/aromatic N) is 2. The summed E-state index contributed by atoms with van der Waals surface area (Å²) in [5.74, 6) is 0.362. The highest BCUT2D eigenvalue weighted by molar-refractivity contribution is 6.31. The summed E-state index contributed by atoms with van der Waals surface area (Å²) in [7, 11) is 1.87. The van der Waals surface area contributed by atoms with Gasteiger partial charge in [-0.05, 0) is 25.1 Å². The van der Waals surface area contributed by atoms with Gasteiger partial charge in [-0.15, -0.1) is 0 Å². The Balaban J connectivity index is 2.53. The first-order valence-corrected chi connectivity index (χ1v) is 6.01. The van der Waals surface area contributed by atoms with Crippen LogP contribution in [0.15, 0.2) is 18.2 Å². The van der Waals surface area contributed by atoms with Crippen molar-refractivity contribution in [3.8, 4) is 11.3 Å². The Bertz CT molecular complexity index is 581. The standard InChI is InChI=1S/C13H14ClFN2O/c1-8-13(17(2)12(16-8)5-6-18)9-3-4-11(15)10(14)7-9/h3-4,7,18H,5-6H2,1-2H3. The van der Waals surface area contributed by atoms with Crippen LogP contribution in [0.4, 0.5) is 4.39 Å². The lowest BCUT2D eigenvalue weighted by molar-refractivity contribution is 0.295. The molecule has 0 amide bonds. The van der Waals surface area contributed by atoms with Crippen molar-refractivity contribution in [1.29, 1.82) is 0 Å². The lowest BCUT2D eigenvalue weighted by Crippen LogP contribution is -2.02. The maximum absolute atomic E-state index is 13.2. The quantitative estimate of drug-likeness (QED) is 0.929. The largest absolute Gasteiger partial charge is 0.396 e. The highest BCUT2D eigenvalue weighted by Crippen LogP contribution is 2.27. The molecule has 0 spiro atoms. The predicted molar refractivity (Wildman–Crippen MR) is 69.1 cm³/mol. The fraction of sp³-hybridized carbons (Fsp3) is 0.308. The van der Waals surface area contributed by atoms with E-state index in [1.165, 1.54) is 6.07 Å². The van der Waals surface area contributed by atoms with Crippen molar-refractivity contribution in [2.45, 2.75) is 13.3 Å². The molecule has 18 heavy (non-hydrogen) atoms. The molecule has 0 bridgehead atoms. The number of hydrogen-bond donors (Lipinski definition) is 1. The highest BCUT2D eigenvalue weighted by Gasteiger charge is 2.14. The Labute approximate surface area is 110 Å². The summed E-state index contributed by atoms with van der Waals surface area (Å²) in [4.78, 5) is 4.39. The molecule has 0 radical (unpaired) electrons. The molecule has 0 saturated carbocycles. The van der Waals surface area contributed by atoms with Crippen molar-refractivity contribution in [2.24, 2.45) is 7.05 Å². The summed E-state index contributed by atoms with van der Waals surface area (Å²) in [5, 5.41) is 9.07. The lowest BCUT2D eigenvalue weighted by Gasteiger charge is -2.07. The number of rotatable bonds is 3. The van der Waals surface area contributed by atoms with E-state index in [1.807, 2.05) is 18.5 Å². The van der Waals surface area contributed by atoms with Gasteiger partial charge in [0, 0.05) is 19.0 Å². The van der Waals surface area contributed by atoms with Crippen LogP contribution in [0.2, 0.25) is 5.02 Å². The van der Waals surface area contributed by atoms with Gasteiger partial charge in [0.2, 0.25) is 0 Å². The third-order valence-electron chi connectivity index (χ3n) is 2.89. The minimum Gasteiger partial charge on any atom is -0.396 e. The Hall–Kier alpha value is -1.39. The Morgan fingerprint density at radius 2 is 2.17 bits per heavy atom. The second kappa shape index (κ2) is 5.08. The van der Waals surface area contributed by atoms with Gasteiger partial charge in [-0.25, -0.2) is 9.37 Å². The van der Waals surface area contributed by atoms with Gasteiger partial charge in [-0.3, -0.25) is 0 Å². The smallest absolute Gasteiger partial charge is 0.141 e. The SMILES string of the molecule is Cc1nc(CCO)n(C)c1-c1ccc(F)c(Cl)c1. The summed E-state index contributed by atoms with van der Waals surface area (Å²) in [5.41, 5.74) is 2.54. The summed E-state index contributed by atoms with van der Waals surface area (Å²) in [6.07, 6.45) is 0.492. The van der Waals surface area contributed by atoms with Gasteiger partial charge in [0.25, 0.3) is 0 Å². The van der Waals surface area contributed by atoms with E-state index in [1.54, 1.807) is 12.1 Å². The molecule has 1 heterocycles. The lowest BCUT2D eigenvalue weighted by atomic mass is 10.1. The Morgan fingerprint density at radius 1 is 1.44 bits per heavy atom. The first kappa shape index (κ1) is 13.1. The monoisotopic (exact) mass is 268 g/mol. The molecule has 0 saturated heterocycles. The maximum Gasteiger partial charge on any atom is 0.141 e. The van der Waals surface area contributed by atoms with Gasteiger partial charge in [-0.2, -0.15) is 0 Å². The molecular weight excluding hydrogens is 255 g/mol. The summed E-state index contributed by atoms with van der Waals surface area (Å²) in [6, 6.07) is 4.60. The van der Waals surface area contributed by atoms with Crippen LogP contribution in [0.25, 0.3) is 11.3 Å². The van der Waals surface area contributed by atoms with E-state index in [0.29, 0.717) is 6.42 Å². The predicted octanol–water partition coefficient (Wildman–Crippen LogP) is 2.72. The van der Waals surface area contributed by atoms with Crippen molar-refractivity contribution in [3.63, 3.8) is 0 Å². The van der Waals surface area contributed by atoms with Gasteiger partial charge in [-0.1, -0.05) is 11.6 Å². The van der Waals surface area contributed by atoms with Gasteiger partial charge in [0.15, 0.2) is 0 Å². The minimum absolute atomic E-state index is 0.0495. The minimum atomic E-state index is -0.434. The number of aliphatic hydroxyl groups is 1. The maximum atomic E-state index is 13.2. The number of aromatic nitrogens is 2. The van der Waals surface area contributed by atoms with Crippen LogP contribution in [-0.4, -0.2) is 21.3 Å². The van der Waals surface area contributed by atoms with Crippen molar-refractivity contribution in [3.05, 3.63) is 40.6 Å². The third kappa shape index (κ3) is 2.26. The van der Waals surface area contributed by atoms with Crippen molar-refractivity contribution < 1.29 is 9.50 Å². The van der Waals surface area contributed by atoms with Crippen molar-refractivity contribution in [2.75, 3.05) is 6.61 Å². The average Bonchev–Trinajstić information content (AvgIpc) is 2.59. The van der Waals surface area contributed by atoms with E-state index in [4.69, 9.17) is 16.7 Å². The topological polar surface area (TPSA) is 38.1 Å². The highest BCUT2D eigenvalue weighted by atomic mass is 35.5. The molecular formula is C13H14ClFN2O. The number of hydrogen-bond acceptors (Lipinski definition) is 2. The fourth-order valence-corrected chi connectivity index (χ4v) is 2.24. The molecule has 5 heteroatoms. The molecule has 2 rings (SSSR count). The summed E-state index contributed by atoms with van der Waals surface area (Å²) < 4.78 is 15.1. The second-order valence-corrected chi connectivity index (χ2v) is 4.53. The molecule has 1 aromatic heterocycles. The van der Waals surface area contributed by atoms with Gasteiger partial charge >= 0.3 is 0 Å². The van der Waals surface area contributed by atoms with E-state index in [9.17, 15) is 4.39 Å². The van der Waals surface area contributed by atoms with Crippen LogP contribution in [0.5, 0.6) is 0 Å². The molecule has 1 aromatic carbocycles. The second-order valence-electron chi connectivity index (χ2n) is 4.12. The van der Waals surface area contributed by atoms with Crippen molar-refractivity contribution in [1.82, 2.24) is 9.55 Å². The van der Waals surface area contributed by atoms with Gasteiger partial charge in [0.1, 0.15) is 11.6 Å². The number of benzene rings is 1.